The van der Waals surface area contributed by atoms with E-state index in [1.54, 1.807) is 0 Å². The second-order valence-electron chi connectivity index (χ2n) is 6.67. The number of phosphoric acid groups is 1. The van der Waals surface area contributed by atoms with Crippen LogP contribution in [0.25, 0.3) is 11.2 Å². The zero-order valence-corrected chi connectivity index (χ0v) is 16.3. The predicted octanol–water partition coefficient (Wildman–Crippen LogP) is -1.10. The maximum absolute atomic E-state index is 10.7. The predicted molar refractivity (Wildman–Crippen MR) is 98.6 cm³/mol. The molecule has 1 aliphatic heterocycles. The molecule has 0 unspecified atom stereocenters. The van der Waals surface area contributed by atoms with Gasteiger partial charge in [0.2, 0.25) is 0 Å². The van der Waals surface area contributed by atoms with E-state index in [2.05, 4.69) is 24.8 Å². The summed E-state index contributed by atoms with van der Waals surface area (Å²) in [5, 5.41) is 23.7. The number of ether oxygens (including phenoxy) is 1. The molecule has 4 rings (SSSR count). The fourth-order valence-corrected chi connectivity index (χ4v) is 3.54. The zero-order chi connectivity index (χ0) is 21.3. The van der Waals surface area contributed by atoms with E-state index in [1.165, 1.54) is 17.2 Å². The maximum Gasteiger partial charge on any atom is 0.167 e. The van der Waals surface area contributed by atoms with Crippen molar-refractivity contribution in [3.05, 3.63) is 48.5 Å². The van der Waals surface area contributed by atoms with E-state index in [1.807, 2.05) is 30.3 Å². The quantitative estimate of drug-likeness (QED) is 0.384. The number of hydrogen-bond donors (Lipinski definition) is 3. The molecule has 0 amide bonds. The highest BCUT2D eigenvalue weighted by molar-refractivity contribution is 7.43. The largest absolute Gasteiger partial charge is 0.790 e. The highest BCUT2D eigenvalue weighted by Gasteiger charge is 2.44. The average molecular weight is 435 g/mol. The molecule has 0 aliphatic carbocycles. The van der Waals surface area contributed by atoms with E-state index >= 15 is 0 Å². The van der Waals surface area contributed by atoms with Crippen molar-refractivity contribution in [3.63, 3.8) is 0 Å². The van der Waals surface area contributed by atoms with Crippen molar-refractivity contribution < 1.29 is 33.8 Å². The van der Waals surface area contributed by atoms with Gasteiger partial charge in [0.25, 0.3) is 0 Å². The molecule has 0 bridgehead atoms. The van der Waals surface area contributed by atoms with Crippen LogP contribution in [0.1, 0.15) is 11.8 Å². The van der Waals surface area contributed by atoms with Gasteiger partial charge in [0.05, 0.1) is 20.8 Å². The fraction of sp³-hybridized carbons (Fsp3) is 0.353. The van der Waals surface area contributed by atoms with Crippen LogP contribution >= 0.6 is 7.82 Å². The number of rotatable bonds is 7. The molecule has 1 saturated heterocycles. The number of benzene rings is 1. The van der Waals surface area contributed by atoms with Crippen molar-refractivity contribution in [2.24, 2.45) is 0 Å². The Hall–Kier alpha value is -2.44. The monoisotopic (exact) mass is 435 g/mol. The van der Waals surface area contributed by atoms with Crippen molar-refractivity contribution in [2.45, 2.75) is 31.1 Å². The summed E-state index contributed by atoms with van der Waals surface area (Å²) in [7, 11) is -5.24. The van der Waals surface area contributed by atoms with Gasteiger partial charge in [-0.25, -0.2) is 15.0 Å². The number of nitrogens with one attached hydrogen (secondary N) is 1. The van der Waals surface area contributed by atoms with Crippen LogP contribution in [0.2, 0.25) is 0 Å². The van der Waals surface area contributed by atoms with Crippen LogP contribution in [0.4, 0.5) is 5.82 Å². The van der Waals surface area contributed by atoms with Gasteiger partial charge in [0, 0.05) is 6.54 Å². The minimum absolute atomic E-state index is 0.330. The lowest BCUT2D eigenvalue weighted by Crippen LogP contribution is -2.34. The number of nitrogens with zero attached hydrogens (tertiary/aromatic N) is 4. The van der Waals surface area contributed by atoms with Crippen molar-refractivity contribution in [1.82, 2.24) is 19.5 Å². The molecule has 13 heteroatoms. The Labute approximate surface area is 170 Å². The van der Waals surface area contributed by atoms with Crippen LogP contribution in [0.15, 0.2) is 43.0 Å². The fourth-order valence-electron chi connectivity index (χ4n) is 3.21. The lowest BCUT2D eigenvalue weighted by atomic mass is 10.1. The number of phosphoric ester groups is 1. The summed E-state index contributed by atoms with van der Waals surface area (Å²) in [5.74, 6) is 0.467. The molecule has 3 heterocycles. The lowest BCUT2D eigenvalue weighted by Gasteiger charge is -2.30. The number of aromatic nitrogens is 4. The molecular formula is C17H18N5O7P-2. The first-order chi connectivity index (χ1) is 14.3. The summed E-state index contributed by atoms with van der Waals surface area (Å²) < 4.78 is 21.8. The first-order valence-corrected chi connectivity index (χ1v) is 10.4. The van der Waals surface area contributed by atoms with Crippen molar-refractivity contribution >= 4 is 24.8 Å². The molecule has 0 radical (unpaired) electrons. The van der Waals surface area contributed by atoms with Crippen LogP contribution < -0.4 is 15.1 Å². The SMILES string of the molecule is O=P([O-])([O-])OC[C@H]1O[C@H](n2cnc3c(NCc4ccccc4)ncnc32)[C@H](O)[C@@H]1O. The number of anilines is 1. The first kappa shape index (κ1) is 20.8. The Balaban J connectivity index is 1.54. The Bertz CT molecular complexity index is 1060. The molecule has 1 aliphatic rings. The number of hydrogen-bond acceptors (Lipinski definition) is 11. The van der Waals surface area contributed by atoms with Crippen molar-refractivity contribution in [2.75, 3.05) is 11.9 Å². The van der Waals surface area contributed by atoms with Gasteiger partial charge in [-0.2, -0.15) is 0 Å². The Morgan fingerprint density at radius 1 is 1.17 bits per heavy atom. The van der Waals surface area contributed by atoms with Gasteiger partial charge in [-0.15, -0.1) is 0 Å². The number of fused-ring (bicyclic) bond motifs is 1. The van der Waals surface area contributed by atoms with E-state index < -0.39 is 39.0 Å². The summed E-state index contributed by atoms with van der Waals surface area (Å²) in [4.78, 5) is 34.0. The summed E-state index contributed by atoms with van der Waals surface area (Å²) in [5.41, 5.74) is 1.79. The summed E-state index contributed by atoms with van der Waals surface area (Å²) in [6.45, 7) is -0.213. The van der Waals surface area contributed by atoms with Crippen LogP contribution in [-0.4, -0.2) is 54.7 Å². The molecule has 4 atom stereocenters. The minimum Gasteiger partial charge on any atom is -0.790 e. The van der Waals surface area contributed by atoms with Crippen LogP contribution in [0.3, 0.4) is 0 Å². The van der Waals surface area contributed by atoms with E-state index in [0.29, 0.717) is 23.5 Å². The van der Waals surface area contributed by atoms with Crippen molar-refractivity contribution in [3.8, 4) is 0 Å². The highest BCUT2D eigenvalue weighted by Crippen LogP contribution is 2.34. The Morgan fingerprint density at radius 2 is 1.93 bits per heavy atom. The third-order valence-electron chi connectivity index (χ3n) is 4.67. The highest BCUT2D eigenvalue weighted by atomic mass is 31.2. The Kier molecular flexibility index (Phi) is 5.80. The van der Waals surface area contributed by atoms with Gasteiger partial charge >= 0.3 is 0 Å². The molecule has 12 nitrogen and oxygen atoms in total. The topological polar surface area (TPSA) is 178 Å². The van der Waals surface area contributed by atoms with E-state index in [0.717, 1.165) is 5.56 Å². The van der Waals surface area contributed by atoms with Gasteiger partial charge in [-0.1, -0.05) is 30.3 Å². The molecule has 3 N–H and O–H groups in total. The standard InChI is InChI=1S/C17H20N5O7P/c23-13-11(7-28-30(25,26)27)29-17(14(13)24)22-9-21-12-15(19-8-20-16(12)22)18-6-10-4-2-1-3-5-10/h1-5,8-9,11,13-14,17,23-24H,6-7H2,(H,18,19,20)(H2,25,26,27)/p-2/t11-,13-,14-,17+/m1/s1. The summed E-state index contributed by atoms with van der Waals surface area (Å²) in [6, 6.07) is 9.67. The van der Waals surface area contributed by atoms with Crippen LogP contribution in [0.5, 0.6) is 0 Å². The summed E-state index contributed by atoms with van der Waals surface area (Å²) >= 11 is 0. The summed E-state index contributed by atoms with van der Waals surface area (Å²) in [6.07, 6.45) is -2.56. The molecule has 1 fully saturated rings. The second-order valence-corrected chi connectivity index (χ2v) is 7.83. The smallest absolute Gasteiger partial charge is 0.167 e. The van der Waals surface area contributed by atoms with Gasteiger partial charge < -0.3 is 39.1 Å². The van der Waals surface area contributed by atoms with E-state index in [4.69, 9.17) is 4.74 Å². The second kappa shape index (κ2) is 8.36. The number of aliphatic hydroxyl groups excluding tert-OH is 2. The molecule has 2 aromatic heterocycles. The average Bonchev–Trinajstić information content (AvgIpc) is 3.27. The maximum atomic E-state index is 10.7. The molecule has 1 aromatic carbocycles. The zero-order valence-electron chi connectivity index (χ0n) is 15.4. The normalized spacial score (nSPS) is 24.4. The van der Waals surface area contributed by atoms with E-state index in [-0.39, 0.29) is 0 Å². The molecule has 0 spiro atoms. The first-order valence-electron chi connectivity index (χ1n) is 8.97. The lowest BCUT2D eigenvalue weighted by molar-refractivity contribution is -0.343. The molecular weight excluding hydrogens is 417 g/mol. The van der Waals surface area contributed by atoms with Crippen molar-refractivity contribution in [1.29, 1.82) is 0 Å². The molecule has 0 saturated carbocycles. The van der Waals surface area contributed by atoms with Gasteiger partial charge in [-0.05, 0) is 5.56 Å². The third-order valence-corrected chi connectivity index (χ3v) is 5.14. The van der Waals surface area contributed by atoms with Crippen LogP contribution in [0, 0.1) is 0 Å². The number of aliphatic hydroxyl groups is 2. The molecule has 30 heavy (non-hydrogen) atoms. The number of imidazole rings is 1. The third kappa shape index (κ3) is 4.35. The molecule has 3 aromatic rings. The minimum atomic E-state index is -5.24. The Morgan fingerprint density at radius 3 is 2.67 bits per heavy atom. The molecule has 160 valence electrons. The van der Waals surface area contributed by atoms with E-state index in [9.17, 15) is 24.6 Å². The van der Waals surface area contributed by atoms with Gasteiger partial charge in [0.15, 0.2) is 23.2 Å². The van der Waals surface area contributed by atoms with Crippen LogP contribution in [-0.2, 0) is 20.4 Å². The van der Waals surface area contributed by atoms with Gasteiger partial charge in [0.1, 0.15) is 24.6 Å². The van der Waals surface area contributed by atoms with Gasteiger partial charge in [-0.3, -0.25) is 4.57 Å².